The lowest BCUT2D eigenvalue weighted by Crippen LogP contribution is -2.27. The van der Waals surface area contributed by atoms with E-state index in [4.69, 9.17) is 33.3 Å². The molecule has 1 aliphatic rings. The number of benzene rings is 3. The van der Waals surface area contributed by atoms with Gasteiger partial charge in [-0.1, -0.05) is 53.8 Å². The van der Waals surface area contributed by atoms with Crippen molar-refractivity contribution in [2.24, 2.45) is 0 Å². The van der Waals surface area contributed by atoms with Gasteiger partial charge in [0.15, 0.2) is 15.8 Å². The van der Waals surface area contributed by atoms with Crippen molar-refractivity contribution >= 4 is 80.2 Å². The van der Waals surface area contributed by atoms with Gasteiger partial charge in [-0.25, -0.2) is 4.39 Å². The van der Waals surface area contributed by atoms with Gasteiger partial charge in [0.1, 0.15) is 12.4 Å². The lowest BCUT2D eigenvalue weighted by atomic mass is 10.1. The number of hydrogen-bond acceptors (Lipinski definition) is 5. The summed E-state index contributed by atoms with van der Waals surface area (Å²) in [5.41, 5.74) is 2.14. The third-order valence-electron chi connectivity index (χ3n) is 4.71. The van der Waals surface area contributed by atoms with Crippen molar-refractivity contribution in [3.8, 4) is 11.5 Å². The fraction of sp³-hybridized carbons (Fsp3) is 0.0833. The molecule has 1 amide bonds. The van der Waals surface area contributed by atoms with Crippen LogP contribution in [0.5, 0.6) is 11.5 Å². The molecule has 3 aromatic carbocycles. The predicted octanol–water partition coefficient (Wildman–Crippen LogP) is 7.08. The first-order valence-electron chi connectivity index (χ1n) is 9.64. The summed E-state index contributed by atoms with van der Waals surface area (Å²) in [7, 11) is 1.56. The second-order valence-corrected chi connectivity index (χ2v) is 10.2. The van der Waals surface area contributed by atoms with Crippen molar-refractivity contribution in [2.75, 3.05) is 12.0 Å². The molecule has 0 saturated carbocycles. The second-order valence-electron chi connectivity index (χ2n) is 6.95. The van der Waals surface area contributed by atoms with E-state index in [0.717, 1.165) is 14.7 Å². The van der Waals surface area contributed by atoms with Crippen LogP contribution in [-0.2, 0) is 11.4 Å². The highest BCUT2D eigenvalue weighted by atomic mass is 127. The van der Waals surface area contributed by atoms with E-state index in [1.807, 2.05) is 30.3 Å². The summed E-state index contributed by atoms with van der Waals surface area (Å²) in [5.74, 6) is 0.423. The quantitative estimate of drug-likeness (QED) is 0.169. The highest BCUT2D eigenvalue weighted by molar-refractivity contribution is 14.1. The maximum atomic E-state index is 13.6. The van der Waals surface area contributed by atoms with E-state index in [1.54, 1.807) is 31.4 Å². The molecular weight excluding hydrogens is 596 g/mol. The topological polar surface area (TPSA) is 38.8 Å². The smallest absolute Gasteiger partial charge is 0.270 e. The van der Waals surface area contributed by atoms with Gasteiger partial charge in [0, 0.05) is 5.02 Å². The fourth-order valence-corrected chi connectivity index (χ4v) is 5.36. The minimum Gasteiger partial charge on any atom is -0.493 e. The molecule has 1 saturated heterocycles. The Balaban J connectivity index is 1.58. The lowest BCUT2D eigenvalue weighted by molar-refractivity contribution is -0.113. The van der Waals surface area contributed by atoms with E-state index in [1.165, 1.54) is 28.8 Å². The van der Waals surface area contributed by atoms with Gasteiger partial charge in [0.05, 0.1) is 21.3 Å². The molecule has 0 unspecified atom stereocenters. The SMILES string of the molecule is COc1cc(/C=C2\SC(=S)N(c3cccc(F)c3)C2=O)cc(I)c1OCc1ccc(Cl)cc1. The monoisotopic (exact) mass is 611 g/mol. The zero-order chi connectivity index (χ0) is 23.5. The van der Waals surface area contributed by atoms with Crippen molar-refractivity contribution in [1.29, 1.82) is 0 Å². The molecule has 4 rings (SSSR count). The van der Waals surface area contributed by atoms with Gasteiger partial charge in [-0.3, -0.25) is 9.69 Å². The first-order valence-corrected chi connectivity index (χ1v) is 12.3. The molecule has 1 aliphatic heterocycles. The number of carbonyl (C=O) groups is 1. The molecule has 33 heavy (non-hydrogen) atoms. The molecule has 4 nitrogen and oxygen atoms in total. The minimum absolute atomic E-state index is 0.298. The van der Waals surface area contributed by atoms with E-state index in [0.29, 0.717) is 38.0 Å². The van der Waals surface area contributed by atoms with Gasteiger partial charge in [0.25, 0.3) is 5.91 Å². The Morgan fingerprint density at radius 2 is 1.94 bits per heavy atom. The Morgan fingerprint density at radius 3 is 2.64 bits per heavy atom. The van der Waals surface area contributed by atoms with E-state index >= 15 is 0 Å². The van der Waals surface area contributed by atoms with Gasteiger partial charge in [-0.05, 0) is 82.3 Å². The molecular formula is C24H16ClFINO3S2. The predicted molar refractivity (Wildman–Crippen MR) is 144 cm³/mol. The molecule has 1 fully saturated rings. The highest BCUT2D eigenvalue weighted by Gasteiger charge is 2.33. The van der Waals surface area contributed by atoms with Crippen LogP contribution in [0.2, 0.25) is 5.02 Å². The Bertz CT molecular complexity index is 1270. The minimum atomic E-state index is -0.431. The summed E-state index contributed by atoms with van der Waals surface area (Å²) in [6.45, 7) is 0.356. The summed E-state index contributed by atoms with van der Waals surface area (Å²) in [6, 6.07) is 16.9. The first kappa shape index (κ1) is 24.0. The summed E-state index contributed by atoms with van der Waals surface area (Å²) in [4.78, 5) is 14.8. The van der Waals surface area contributed by atoms with E-state index in [-0.39, 0.29) is 5.91 Å². The van der Waals surface area contributed by atoms with Crippen LogP contribution in [0.25, 0.3) is 6.08 Å². The first-order chi connectivity index (χ1) is 15.9. The number of halogens is 3. The number of methoxy groups -OCH3 is 1. The lowest BCUT2D eigenvalue weighted by Gasteiger charge is -2.14. The number of hydrogen-bond donors (Lipinski definition) is 0. The molecule has 168 valence electrons. The highest BCUT2D eigenvalue weighted by Crippen LogP contribution is 2.39. The Kier molecular flexibility index (Phi) is 7.58. The van der Waals surface area contributed by atoms with Crippen molar-refractivity contribution in [1.82, 2.24) is 0 Å². The third kappa shape index (κ3) is 5.51. The summed E-state index contributed by atoms with van der Waals surface area (Å²) >= 11 is 14.7. The van der Waals surface area contributed by atoms with Gasteiger partial charge < -0.3 is 9.47 Å². The maximum Gasteiger partial charge on any atom is 0.270 e. The number of anilines is 1. The van der Waals surface area contributed by atoms with Crippen LogP contribution in [0, 0.1) is 9.39 Å². The summed E-state index contributed by atoms with van der Waals surface area (Å²) < 4.78 is 26.4. The molecule has 0 bridgehead atoms. The van der Waals surface area contributed by atoms with Crippen LogP contribution in [0.1, 0.15) is 11.1 Å². The zero-order valence-electron chi connectivity index (χ0n) is 17.2. The Morgan fingerprint density at radius 1 is 1.18 bits per heavy atom. The largest absolute Gasteiger partial charge is 0.493 e. The van der Waals surface area contributed by atoms with Crippen molar-refractivity contribution in [2.45, 2.75) is 6.61 Å². The van der Waals surface area contributed by atoms with Gasteiger partial charge >= 0.3 is 0 Å². The van der Waals surface area contributed by atoms with Crippen LogP contribution < -0.4 is 14.4 Å². The number of thioether (sulfide) groups is 1. The third-order valence-corrected chi connectivity index (χ3v) is 7.06. The second kappa shape index (κ2) is 10.4. The van der Waals surface area contributed by atoms with Crippen molar-refractivity contribution < 1.29 is 18.7 Å². The molecule has 1 heterocycles. The number of thiocarbonyl (C=S) groups is 1. The van der Waals surface area contributed by atoms with Crippen LogP contribution in [-0.4, -0.2) is 17.3 Å². The van der Waals surface area contributed by atoms with Crippen LogP contribution >= 0.6 is 58.2 Å². The van der Waals surface area contributed by atoms with Crippen molar-refractivity contribution in [3.63, 3.8) is 0 Å². The molecule has 0 radical (unpaired) electrons. The standard InChI is InChI=1S/C24H16ClFINO3S2/c1-30-20-10-15(9-19(27)22(20)31-13-14-5-7-16(25)8-6-14)11-21-23(29)28(24(32)33-21)18-4-2-3-17(26)12-18/h2-12H,13H2,1H3/b21-11-. The number of ether oxygens (including phenoxy) is 2. The molecule has 0 aliphatic carbocycles. The van der Waals surface area contributed by atoms with E-state index < -0.39 is 5.82 Å². The van der Waals surface area contributed by atoms with Crippen LogP contribution in [0.15, 0.2) is 65.6 Å². The number of amides is 1. The normalized spacial score (nSPS) is 14.8. The van der Waals surface area contributed by atoms with E-state index in [2.05, 4.69) is 22.6 Å². The molecule has 0 spiro atoms. The Hall–Kier alpha value is -2.14. The average Bonchev–Trinajstić information content (AvgIpc) is 3.06. The summed E-state index contributed by atoms with van der Waals surface area (Å²) in [5, 5.41) is 0.665. The number of rotatable bonds is 6. The number of nitrogens with zero attached hydrogens (tertiary/aromatic N) is 1. The van der Waals surface area contributed by atoms with Crippen LogP contribution in [0.3, 0.4) is 0 Å². The Labute approximate surface area is 218 Å². The molecule has 9 heteroatoms. The van der Waals surface area contributed by atoms with Gasteiger partial charge in [0.2, 0.25) is 0 Å². The molecule has 0 atom stereocenters. The summed E-state index contributed by atoms with van der Waals surface area (Å²) in [6.07, 6.45) is 1.74. The number of carbonyl (C=O) groups excluding carboxylic acids is 1. The van der Waals surface area contributed by atoms with Crippen molar-refractivity contribution in [3.05, 3.63) is 91.1 Å². The van der Waals surface area contributed by atoms with E-state index in [9.17, 15) is 9.18 Å². The molecule has 0 aromatic heterocycles. The van der Waals surface area contributed by atoms with Gasteiger partial charge in [-0.2, -0.15) is 0 Å². The zero-order valence-corrected chi connectivity index (χ0v) is 21.7. The van der Waals surface area contributed by atoms with Gasteiger partial charge in [-0.15, -0.1) is 0 Å². The molecule has 0 N–H and O–H groups in total. The average molecular weight is 612 g/mol. The maximum absolute atomic E-state index is 13.6. The molecule has 3 aromatic rings. The fourth-order valence-electron chi connectivity index (χ4n) is 3.16. The van der Waals surface area contributed by atoms with Crippen LogP contribution in [0.4, 0.5) is 10.1 Å².